The monoisotopic (exact) mass is 251 g/mol. The Morgan fingerprint density at radius 2 is 1.78 bits per heavy atom. The Kier molecular flexibility index (Phi) is 4.63. The minimum Gasteiger partial charge on any atom is -0.497 e. The molecule has 18 heavy (non-hydrogen) atoms. The van der Waals surface area contributed by atoms with E-state index in [-0.39, 0.29) is 11.5 Å². The van der Waals surface area contributed by atoms with Gasteiger partial charge < -0.3 is 15.2 Å². The zero-order valence-electron chi connectivity index (χ0n) is 12.3. The van der Waals surface area contributed by atoms with E-state index in [9.17, 15) is 0 Å². The van der Waals surface area contributed by atoms with Crippen molar-refractivity contribution in [1.82, 2.24) is 0 Å². The van der Waals surface area contributed by atoms with Crippen molar-refractivity contribution < 1.29 is 9.47 Å². The third kappa shape index (κ3) is 3.39. The average molecular weight is 251 g/mol. The van der Waals surface area contributed by atoms with Gasteiger partial charge in [0.25, 0.3) is 0 Å². The van der Waals surface area contributed by atoms with Gasteiger partial charge in [0.1, 0.15) is 11.5 Å². The first kappa shape index (κ1) is 14.8. The summed E-state index contributed by atoms with van der Waals surface area (Å²) in [7, 11) is 3.39. The molecule has 0 radical (unpaired) electrons. The SMILES string of the molecule is COc1cc(CC(C)N)c(OC)c(C(C)(C)C)c1. The summed E-state index contributed by atoms with van der Waals surface area (Å²) in [6.45, 7) is 8.50. The Hall–Kier alpha value is -1.22. The van der Waals surface area contributed by atoms with E-state index in [1.807, 2.05) is 19.1 Å². The lowest BCUT2D eigenvalue weighted by molar-refractivity contribution is 0.382. The second-order valence-electron chi connectivity index (χ2n) is 5.80. The molecule has 3 nitrogen and oxygen atoms in total. The van der Waals surface area contributed by atoms with Crippen LogP contribution in [0, 0.1) is 0 Å². The summed E-state index contributed by atoms with van der Waals surface area (Å²) >= 11 is 0. The van der Waals surface area contributed by atoms with Gasteiger partial charge in [-0.05, 0) is 36.5 Å². The van der Waals surface area contributed by atoms with E-state index in [1.54, 1.807) is 14.2 Å². The van der Waals surface area contributed by atoms with E-state index in [2.05, 4.69) is 20.8 Å². The summed E-state index contributed by atoms with van der Waals surface area (Å²) in [4.78, 5) is 0. The summed E-state index contributed by atoms with van der Waals surface area (Å²) in [5.74, 6) is 1.79. The zero-order chi connectivity index (χ0) is 13.9. The largest absolute Gasteiger partial charge is 0.497 e. The molecule has 1 aromatic rings. The molecule has 2 N–H and O–H groups in total. The molecule has 0 amide bonds. The van der Waals surface area contributed by atoms with Crippen LogP contribution in [0.5, 0.6) is 11.5 Å². The van der Waals surface area contributed by atoms with Crippen LogP contribution in [0.2, 0.25) is 0 Å². The van der Waals surface area contributed by atoms with Gasteiger partial charge in [0.2, 0.25) is 0 Å². The molecule has 0 aliphatic rings. The Balaban J connectivity index is 3.40. The van der Waals surface area contributed by atoms with Crippen molar-refractivity contribution in [2.24, 2.45) is 5.73 Å². The van der Waals surface area contributed by atoms with Crippen LogP contribution in [0.4, 0.5) is 0 Å². The third-order valence-corrected chi connectivity index (χ3v) is 2.93. The number of ether oxygens (including phenoxy) is 2. The number of methoxy groups -OCH3 is 2. The third-order valence-electron chi connectivity index (χ3n) is 2.93. The standard InChI is InChI=1S/C15H25NO2/c1-10(16)7-11-8-12(17-5)9-13(14(11)18-6)15(2,3)4/h8-10H,7,16H2,1-6H3. The van der Waals surface area contributed by atoms with Gasteiger partial charge in [0.05, 0.1) is 14.2 Å². The molecular weight excluding hydrogens is 226 g/mol. The van der Waals surface area contributed by atoms with Crippen molar-refractivity contribution >= 4 is 0 Å². The number of rotatable bonds is 4. The van der Waals surface area contributed by atoms with E-state index in [4.69, 9.17) is 15.2 Å². The second kappa shape index (κ2) is 5.61. The van der Waals surface area contributed by atoms with Crippen LogP contribution in [0.1, 0.15) is 38.8 Å². The van der Waals surface area contributed by atoms with Gasteiger partial charge in [-0.2, -0.15) is 0 Å². The molecule has 0 fully saturated rings. The molecule has 0 bridgehead atoms. The van der Waals surface area contributed by atoms with Crippen LogP contribution in [-0.2, 0) is 11.8 Å². The minimum atomic E-state index is 0.00642. The molecule has 1 rings (SSSR count). The highest BCUT2D eigenvalue weighted by Gasteiger charge is 2.23. The van der Waals surface area contributed by atoms with Crippen molar-refractivity contribution in [3.8, 4) is 11.5 Å². The number of nitrogens with two attached hydrogens (primary N) is 1. The molecule has 0 aromatic heterocycles. The van der Waals surface area contributed by atoms with Crippen molar-refractivity contribution in [1.29, 1.82) is 0 Å². The molecule has 1 unspecified atom stereocenters. The lowest BCUT2D eigenvalue weighted by atomic mass is 9.84. The molecule has 0 heterocycles. The molecule has 1 atom stereocenters. The number of hydrogen-bond acceptors (Lipinski definition) is 3. The van der Waals surface area contributed by atoms with Crippen LogP contribution in [0.15, 0.2) is 12.1 Å². The predicted molar refractivity (Wildman–Crippen MR) is 75.6 cm³/mol. The fourth-order valence-electron chi connectivity index (χ4n) is 2.07. The van der Waals surface area contributed by atoms with E-state index < -0.39 is 0 Å². The summed E-state index contributed by atoms with van der Waals surface area (Å²) in [6.07, 6.45) is 0.781. The van der Waals surface area contributed by atoms with Crippen molar-refractivity contribution in [3.05, 3.63) is 23.3 Å². The Morgan fingerprint density at radius 3 is 2.17 bits per heavy atom. The molecule has 1 aromatic carbocycles. The summed E-state index contributed by atoms with van der Waals surface area (Å²) in [6, 6.07) is 4.15. The molecule has 102 valence electrons. The summed E-state index contributed by atoms with van der Waals surface area (Å²) < 4.78 is 11.0. The Morgan fingerprint density at radius 1 is 1.17 bits per heavy atom. The normalized spacial score (nSPS) is 13.3. The quantitative estimate of drug-likeness (QED) is 0.895. The fourth-order valence-corrected chi connectivity index (χ4v) is 2.07. The highest BCUT2D eigenvalue weighted by molar-refractivity contribution is 5.50. The van der Waals surface area contributed by atoms with Gasteiger partial charge in [-0.1, -0.05) is 20.8 Å². The number of benzene rings is 1. The first-order chi connectivity index (χ1) is 8.29. The van der Waals surface area contributed by atoms with Crippen molar-refractivity contribution in [2.45, 2.75) is 45.6 Å². The molecule has 0 saturated heterocycles. The Labute approximate surface area is 110 Å². The van der Waals surface area contributed by atoms with Crippen LogP contribution in [0.25, 0.3) is 0 Å². The highest BCUT2D eigenvalue weighted by Crippen LogP contribution is 2.37. The van der Waals surface area contributed by atoms with Crippen LogP contribution in [0.3, 0.4) is 0 Å². The maximum atomic E-state index is 5.90. The smallest absolute Gasteiger partial charge is 0.126 e. The predicted octanol–water partition coefficient (Wildman–Crippen LogP) is 2.89. The van der Waals surface area contributed by atoms with Gasteiger partial charge in [0, 0.05) is 11.6 Å². The first-order valence-electron chi connectivity index (χ1n) is 6.30. The topological polar surface area (TPSA) is 44.5 Å². The van der Waals surface area contributed by atoms with Gasteiger partial charge in [0.15, 0.2) is 0 Å². The van der Waals surface area contributed by atoms with E-state index >= 15 is 0 Å². The van der Waals surface area contributed by atoms with Crippen LogP contribution >= 0.6 is 0 Å². The van der Waals surface area contributed by atoms with E-state index in [1.165, 1.54) is 0 Å². The van der Waals surface area contributed by atoms with Gasteiger partial charge in [-0.15, -0.1) is 0 Å². The Bertz CT molecular complexity index is 406. The zero-order valence-corrected chi connectivity index (χ0v) is 12.3. The van der Waals surface area contributed by atoms with Gasteiger partial charge >= 0.3 is 0 Å². The first-order valence-corrected chi connectivity index (χ1v) is 6.30. The number of hydrogen-bond donors (Lipinski definition) is 1. The molecule has 0 aliphatic carbocycles. The molecular formula is C15H25NO2. The van der Waals surface area contributed by atoms with E-state index in [0.717, 1.165) is 29.0 Å². The molecule has 3 heteroatoms. The van der Waals surface area contributed by atoms with Crippen LogP contribution in [-0.4, -0.2) is 20.3 Å². The fraction of sp³-hybridized carbons (Fsp3) is 0.600. The summed E-state index contributed by atoms with van der Waals surface area (Å²) in [5.41, 5.74) is 8.17. The van der Waals surface area contributed by atoms with Crippen molar-refractivity contribution in [3.63, 3.8) is 0 Å². The van der Waals surface area contributed by atoms with Crippen molar-refractivity contribution in [2.75, 3.05) is 14.2 Å². The minimum absolute atomic E-state index is 0.00642. The van der Waals surface area contributed by atoms with Gasteiger partial charge in [-0.3, -0.25) is 0 Å². The molecule has 0 aliphatic heterocycles. The maximum Gasteiger partial charge on any atom is 0.126 e. The maximum absolute atomic E-state index is 5.90. The second-order valence-corrected chi connectivity index (χ2v) is 5.80. The average Bonchev–Trinajstić information content (AvgIpc) is 2.25. The van der Waals surface area contributed by atoms with Gasteiger partial charge in [-0.25, -0.2) is 0 Å². The van der Waals surface area contributed by atoms with Crippen LogP contribution < -0.4 is 15.2 Å². The molecule has 0 spiro atoms. The lowest BCUT2D eigenvalue weighted by Crippen LogP contribution is -2.20. The summed E-state index contributed by atoms with van der Waals surface area (Å²) in [5, 5.41) is 0. The lowest BCUT2D eigenvalue weighted by Gasteiger charge is -2.25. The highest BCUT2D eigenvalue weighted by atomic mass is 16.5. The van der Waals surface area contributed by atoms with E-state index in [0.29, 0.717) is 0 Å². The molecule has 0 saturated carbocycles.